The van der Waals surface area contributed by atoms with E-state index >= 15 is 0 Å². The van der Waals surface area contributed by atoms with Crippen LogP contribution in [-0.4, -0.2) is 30.7 Å². The Hall–Kier alpha value is -4.75. The largest absolute Gasteiger partial charge is 0.481 e. The van der Waals surface area contributed by atoms with Crippen molar-refractivity contribution in [2.45, 2.75) is 32.2 Å². The molecule has 5 aromatic rings. The number of aliphatic carboxylic acids is 1. The lowest BCUT2D eigenvalue weighted by Crippen LogP contribution is -2.37. The number of anilines is 1. The summed E-state index contributed by atoms with van der Waals surface area (Å²) in [5, 5.41) is 15.4. The lowest BCUT2D eigenvalue weighted by molar-refractivity contribution is -0.669. The highest BCUT2D eigenvalue weighted by Crippen LogP contribution is 2.54. The summed E-state index contributed by atoms with van der Waals surface area (Å²) in [6.07, 6.45) is 10.3. The van der Waals surface area contributed by atoms with Crippen LogP contribution in [0.25, 0.3) is 37.8 Å². The first-order valence-corrected chi connectivity index (χ1v) is 15.2. The van der Waals surface area contributed by atoms with Crippen LogP contribution in [0.2, 0.25) is 0 Å². The van der Waals surface area contributed by atoms with Gasteiger partial charge in [0.05, 0.1) is 12.1 Å². The Labute approximate surface area is 254 Å². The Bertz CT molecular complexity index is 1950. The number of rotatable bonds is 10. The lowest BCUT2D eigenvalue weighted by atomic mass is 9.80. The van der Waals surface area contributed by atoms with Gasteiger partial charge in [0.2, 0.25) is 5.52 Å². The number of para-hydroxylation sites is 1. The van der Waals surface area contributed by atoms with E-state index in [4.69, 9.17) is 4.74 Å². The molecule has 6 rings (SSSR count). The highest BCUT2D eigenvalue weighted by Gasteiger charge is 2.42. The molecule has 1 aromatic heterocycles. The summed E-state index contributed by atoms with van der Waals surface area (Å²) >= 11 is 1.69. The zero-order valence-electron chi connectivity index (χ0n) is 24.2. The molecule has 0 spiro atoms. The molecule has 1 aliphatic rings. The van der Waals surface area contributed by atoms with Gasteiger partial charge in [0, 0.05) is 35.2 Å². The first kappa shape index (κ1) is 28.4. The second kappa shape index (κ2) is 11.9. The number of nitrogens with zero attached hydrogens (tertiary/aromatic N) is 2. The first-order valence-electron chi connectivity index (χ1n) is 14.4. The maximum atomic E-state index is 11.7. The van der Waals surface area contributed by atoms with E-state index in [0.29, 0.717) is 26.2 Å². The van der Waals surface area contributed by atoms with Crippen LogP contribution in [0.15, 0.2) is 103 Å². The number of fused-ring (bicyclic) bond motifs is 7. The van der Waals surface area contributed by atoms with Gasteiger partial charge in [-0.15, -0.1) is 0 Å². The van der Waals surface area contributed by atoms with Gasteiger partial charge < -0.3 is 14.7 Å². The van der Waals surface area contributed by atoms with Crippen LogP contribution in [-0.2, 0) is 26.3 Å². The minimum atomic E-state index is -0.815. The molecule has 0 saturated heterocycles. The number of ether oxygens (including phenoxy) is 1. The number of thiazole rings is 1. The van der Waals surface area contributed by atoms with Crippen molar-refractivity contribution in [2.75, 3.05) is 18.1 Å². The van der Waals surface area contributed by atoms with Crippen LogP contribution in [0.3, 0.4) is 0 Å². The van der Waals surface area contributed by atoms with Gasteiger partial charge in [-0.1, -0.05) is 104 Å². The Morgan fingerprint density at radius 3 is 2.35 bits per heavy atom. The van der Waals surface area contributed by atoms with Crippen LogP contribution < -0.4 is 9.47 Å². The van der Waals surface area contributed by atoms with Crippen LogP contribution in [0.4, 0.5) is 5.69 Å². The van der Waals surface area contributed by atoms with Crippen molar-refractivity contribution in [2.24, 2.45) is 0 Å². The van der Waals surface area contributed by atoms with E-state index in [1.165, 1.54) is 26.4 Å². The summed E-state index contributed by atoms with van der Waals surface area (Å²) in [5.74, 6) is -0.815. The van der Waals surface area contributed by atoms with E-state index in [1.807, 2.05) is 30.4 Å². The number of hydrogen-bond donors (Lipinski definition) is 1. The number of aromatic nitrogens is 1. The Morgan fingerprint density at radius 1 is 0.930 bits per heavy atom. The normalized spacial score (nSPS) is 15.4. The number of benzene rings is 4. The quantitative estimate of drug-likeness (QED) is 0.0605. The van der Waals surface area contributed by atoms with Crippen LogP contribution in [0, 0.1) is 0 Å². The molecule has 0 radical (unpaired) electrons. The fourth-order valence-corrected chi connectivity index (χ4v) is 7.41. The number of carbonyl (C=O) groups excluding carboxylic acids is 1. The van der Waals surface area contributed by atoms with E-state index < -0.39 is 5.97 Å². The molecular weight excluding hydrogens is 556 g/mol. The zero-order valence-corrected chi connectivity index (χ0v) is 25.0. The van der Waals surface area contributed by atoms with Gasteiger partial charge in [-0.2, -0.15) is 4.57 Å². The smallest absolute Gasteiger partial charge is 0.305 e. The predicted octanol–water partition coefficient (Wildman–Crippen LogP) is 7.39. The fraction of sp³-hybridized carbons (Fsp3) is 0.194. The first-order chi connectivity index (χ1) is 20.9. The molecule has 43 heavy (non-hydrogen) atoms. The summed E-state index contributed by atoms with van der Waals surface area (Å²) < 4.78 is 8.30. The highest BCUT2D eigenvalue weighted by atomic mass is 32.1. The number of carboxylic acids is 1. The van der Waals surface area contributed by atoms with Gasteiger partial charge in [-0.05, 0) is 33.9 Å². The molecule has 4 aromatic carbocycles. The fourth-order valence-electron chi connectivity index (χ4n) is 6.31. The predicted molar refractivity (Wildman–Crippen MR) is 174 cm³/mol. The molecule has 7 heteroatoms. The monoisotopic (exact) mass is 589 g/mol. The Balaban J connectivity index is 1.39. The van der Waals surface area contributed by atoms with Crippen molar-refractivity contribution >= 4 is 67.3 Å². The Morgan fingerprint density at radius 2 is 1.60 bits per heavy atom. The van der Waals surface area contributed by atoms with Crippen LogP contribution >= 0.6 is 11.3 Å². The standard InChI is InChI=1S/C36H32N2O4S/c1-36(2)31(18-4-3-5-19-32-37(22-23-42-24-39)29-16-10-11-17-30(29)43-32)38(21-20-33(40)41)35-28-15-9-7-13-26(28)25-12-6-8-14-27(25)34(35)36/h3-19,24H,20-23H2,1-2H3/p+1. The number of allylic oxidation sites excluding steroid dienone is 5. The van der Waals surface area contributed by atoms with E-state index in [-0.39, 0.29) is 11.8 Å². The third-order valence-electron chi connectivity index (χ3n) is 8.13. The molecule has 0 bridgehead atoms. The maximum Gasteiger partial charge on any atom is 0.305 e. The molecule has 0 fully saturated rings. The molecule has 0 amide bonds. The van der Waals surface area contributed by atoms with Crippen molar-refractivity contribution in [3.05, 3.63) is 113 Å². The molecule has 0 atom stereocenters. The average Bonchev–Trinajstić information content (AvgIpc) is 3.47. The van der Waals surface area contributed by atoms with E-state index in [1.54, 1.807) is 11.3 Å². The second-order valence-electron chi connectivity index (χ2n) is 11.1. The zero-order chi connectivity index (χ0) is 30.0. The topological polar surface area (TPSA) is 70.7 Å². The molecule has 1 aliphatic heterocycles. The molecular formula is C36H33N2O4S+. The van der Waals surface area contributed by atoms with Crippen molar-refractivity contribution in [1.29, 1.82) is 0 Å². The molecule has 2 heterocycles. The molecule has 0 aliphatic carbocycles. The van der Waals surface area contributed by atoms with Crippen LogP contribution in [0.5, 0.6) is 0 Å². The maximum absolute atomic E-state index is 11.7. The van der Waals surface area contributed by atoms with E-state index in [9.17, 15) is 14.7 Å². The van der Waals surface area contributed by atoms with Gasteiger partial charge in [-0.3, -0.25) is 9.59 Å². The molecule has 6 nitrogen and oxygen atoms in total. The van der Waals surface area contributed by atoms with Crippen molar-refractivity contribution in [3.63, 3.8) is 0 Å². The van der Waals surface area contributed by atoms with Gasteiger partial charge in [0.15, 0.2) is 6.54 Å². The Kier molecular flexibility index (Phi) is 7.82. The average molecular weight is 590 g/mol. The molecule has 1 N–H and O–H groups in total. The highest BCUT2D eigenvalue weighted by molar-refractivity contribution is 7.18. The summed E-state index contributed by atoms with van der Waals surface area (Å²) in [4.78, 5) is 24.6. The van der Waals surface area contributed by atoms with Crippen molar-refractivity contribution in [1.82, 2.24) is 0 Å². The van der Waals surface area contributed by atoms with Gasteiger partial charge in [0.1, 0.15) is 11.3 Å². The summed E-state index contributed by atoms with van der Waals surface area (Å²) in [5.41, 5.74) is 4.15. The van der Waals surface area contributed by atoms with Gasteiger partial charge in [0.25, 0.3) is 11.5 Å². The third kappa shape index (κ3) is 5.21. The van der Waals surface area contributed by atoms with E-state index in [0.717, 1.165) is 27.3 Å². The minimum absolute atomic E-state index is 0.0391. The van der Waals surface area contributed by atoms with Gasteiger partial charge >= 0.3 is 5.97 Å². The van der Waals surface area contributed by atoms with Crippen molar-refractivity contribution in [3.8, 4) is 0 Å². The lowest BCUT2D eigenvalue weighted by Gasteiger charge is -2.26. The SMILES string of the molecule is CC1(C)C(=CC=CC=Cc2sc3ccccc3[n+]2CCOC=O)N(CCC(=O)O)c2c1c1ccccc1c1ccccc21. The summed E-state index contributed by atoms with van der Waals surface area (Å²) in [6.45, 7) is 6.20. The number of carboxylic acid groups (broad SMARTS) is 1. The molecule has 216 valence electrons. The van der Waals surface area contributed by atoms with Crippen LogP contribution in [0.1, 0.15) is 30.8 Å². The van der Waals surface area contributed by atoms with Gasteiger partial charge in [-0.25, -0.2) is 0 Å². The minimum Gasteiger partial charge on any atom is -0.481 e. The number of hydrogen-bond acceptors (Lipinski definition) is 5. The summed E-state index contributed by atoms with van der Waals surface area (Å²) in [6, 6.07) is 25.1. The second-order valence-corrected chi connectivity index (χ2v) is 12.1. The van der Waals surface area contributed by atoms with Crippen molar-refractivity contribution < 1.29 is 24.0 Å². The summed E-state index contributed by atoms with van der Waals surface area (Å²) in [7, 11) is 0. The third-order valence-corrected chi connectivity index (χ3v) is 9.26. The van der Waals surface area contributed by atoms with E-state index in [2.05, 4.69) is 96.1 Å². The molecule has 0 unspecified atom stereocenters. The molecule has 0 saturated carbocycles. The number of carbonyl (C=O) groups is 2.